The summed E-state index contributed by atoms with van der Waals surface area (Å²) in [6, 6.07) is 0. The van der Waals surface area contributed by atoms with Crippen molar-refractivity contribution in [1.29, 1.82) is 0 Å². The minimum absolute atomic E-state index is 0.667. The normalized spacial score (nSPS) is 10.2. The van der Waals surface area contributed by atoms with Crippen LogP contribution in [0.1, 0.15) is 0 Å². The summed E-state index contributed by atoms with van der Waals surface area (Å²) in [5.74, 6) is 0. The molecule has 0 saturated carbocycles. The van der Waals surface area contributed by atoms with Gasteiger partial charge in [-0.15, -0.1) is 0 Å². The summed E-state index contributed by atoms with van der Waals surface area (Å²) in [4.78, 5) is 0. The summed E-state index contributed by atoms with van der Waals surface area (Å²) in [6.07, 6.45) is 0. The van der Waals surface area contributed by atoms with Gasteiger partial charge in [0.2, 0.25) is 0 Å². The van der Waals surface area contributed by atoms with Gasteiger partial charge in [-0.2, -0.15) is 0 Å². The highest BCUT2D eigenvalue weighted by molar-refractivity contribution is 6.63. The molecule has 10 heavy (non-hydrogen) atoms. The van der Waals surface area contributed by atoms with Crippen molar-refractivity contribution in [2.24, 2.45) is 0 Å². The van der Waals surface area contributed by atoms with Crippen LogP contribution in [0, 0.1) is 0 Å². The summed E-state index contributed by atoms with van der Waals surface area (Å²) < 4.78 is 10.1. The van der Waals surface area contributed by atoms with Crippen LogP contribution in [0.15, 0.2) is 0 Å². The van der Waals surface area contributed by atoms with Crippen LogP contribution < -0.4 is 0 Å². The van der Waals surface area contributed by atoms with Crippen LogP contribution in [0.25, 0.3) is 0 Å². The first-order valence-electron chi connectivity index (χ1n) is 3.60. The summed E-state index contributed by atoms with van der Waals surface area (Å²) in [6.45, 7) is 8.86. The Kier molecular flexibility index (Phi) is 13.1. The van der Waals surface area contributed by atoms with Crippen molar-refractivity contribution in [1.82, 2.24) is 0 Å². The third-order valence-corrected chi connectivity index (χ3v) is 4.90. The monoisotopic (exact) mass is 212 g/mol. The molecule has 64 valence electrons. The largest absolute Gasteiger partial charge is 0.471 e. The second kappa shape index (κ2) is 9.79. The van der Waals surface area contributed by atoms with E-state index in [1.54, 1.807) is 0 Å². The minimum atomic E-state index is -0.667. The lowest BCUT2D eigenvalue weighted by molar-refractivity contribution is 0.608. The van der Waals surface area contributed by atoms with Gasteiger partial charge in [0.1, 0.15) is 21.0 Å². The molecule has 0 saturated heterocycles. The van der Waals surface area contributed by atoms with Crippen molar-refractivity contribution in [2.75, 3.05) is 0 Å². The predicted molar refractivity (Wildman–Crippen MR) is 59.8 cm³/mol. The second-order valence-electron chi connectivity index (χ2n) is 2.64. The minimum Gasteiger partial charge on any atom is -0.471 e. The smallest absolute Gasteiger partial charge is 0.156 e. The van der Waals surface area contributed by atoms with Gasteiger partial charge in [-0.3, -0.25) is 0 Å². The molecule has 0 amide bonds. The van der Waals surface area contributed by atoms with Crippen LogP contribution in [-0.2, 0) is 8.23 Å². The molecule has 0 aromatic rings. The van der Waals surface area contributed by atoms with Gasteiger partial charge in [0.25, 0.3) is 0 Å². The van der Waals surface area contributed by atoms with E-state index >= 15 is 0 Å². The maximum Gasteiger partial charge on any atom is 0.156 e. The highest BCUT2D eigenvalue weighted by atomic mass is 28.4. The Labute approximate surface area is 73.9 Å². The average molecular weight is 213 g/mol. The van der Waals surface area contributed by atoms with Gasteiger partial charge in [-0.25, -0.2) is 0 Å². The Bertz CT molecular complexity index is 53.2. The summed E-state index contributed by atoms with van der Waals surface area (Å²) in [5, 5.41) is 0. The van der Waals surface area contributed by atoms with E-state index < -0.39 is 18.1 Å². The van der Waals surface area contributed by atoms with Crippen molar-refractivity contribution < 1.29 is 8.23 Å². The Balaban J connectivity index is 0. The molecule has 0 fully saturated rings. The predicted octanol–water partition coefficient (Wildman–Crippen LogP) is -1.47. The quantitative estimate of drug-likeness (QED) is 0.521. The van der Waals surface area contributed by atoms with E-state index in [2.05, 4.69) is 30.3 Å². The van der Waals surface area contributed by atoms with Crippen LogP contribution in [0.2, 0.25) is 26.2 Å². The zero-order valence-corrected chi connectivity index (χ0v) is 14.3. The van der Waals surface area contributed by atoms with Gasteiger partial charge < -0.3 is 8.23 Å². The molecule has 0 aliphatic rings. The Morgan fingerprint density at radius 1 is 0.900 bits per heavy atom. The lowest BCUT2D eigenvalue weighted by atomic mass is 11.9. The molecule has 2 nitrogen and oxygen atoms in total. The topological polar surface area (TPSA) is 18.5 Å². The fourth-order valence-corrected chi connectivity index (χ4v) is 4.90. The molecule has 0 unspecified atom stereocenters. The molecule has 0 radical (unpaired) electrons. The van der Waals surface area contributed by atoms with Crippen LogP contribution in [-0.4, -0.2) is 39.1 Å². The van der Waals surface area contributed by atoms with Crippen molar-refractivity contribution >= 4 is 39.1 Å². The highest BCUT2D eigenvalue weighted by Crippen LogP contribution is 1.87. The maximum atomic E-state index is 5.53. The molecule has 0 N–H and O–H groups in total. The van der Waals surface area contributed by atoms with E-state index in [0.29, 0.717) is 0 Å². The third kappa shape index (κ3) is 23.3. The van der Waals surface area contributed by atoms with E-state index in [4.69, 9.17) is 4.12 Å². The average Bonchev–Trinajstić information content (AvgIpc) is 1.62. The van der Waals surface area contributed by atoms with E-state index in [9.17, 15) is 0 Å². The van der Waals surface area contributed by atoms with Gasteiger partial charge in [0, 0.05) is 0 Å². The number of hydrogen-bond acceptors (Lipinski definition) is 2. The summed E-state index contributed by atoms with van der Waals surface area (Å²) in [5.41, 5.74) is 0. The summed E-state index contributed by atoms with van der Waals surface area (Å²) in [7, 11) is 0.528. The molecule has 6 heteroatoms. The van der Waals surface area contributed by atoms with Gasteiger partial charge >= 0.3 is 0 Å². The van der Waals surface area contributed by atoms with Crippen LogP contribution in [0.3, 0.4) is 0 Å². The molecule has 0 spiro atoms. The van der Waals surface area contributed by atoms with Gasteiger partial charge in [0.15, 0.2) is 18.1 Å². The fourth-order valence-electron chi connectivity index (χ4n) is 0.544. The lowest BCUT2D eigenvalue weighted by Crippen LogP contribution is -2.17. The molecule has 0 atom stereocenters. The molecular weight excluding hydrogens is 192 g/mol. The molecule has 0 heterocycles. The second-order valence-corrected chi connectivity index (χ2v) is 11.2. The van der Waals surface area contributed by atoms with Gasteiger partial charge in [0.05, 0.1) is 0 Å². The Morgan fingerprint density at radius 2 is 1.10 bits per heavy atom. The first-order chi connectivity index (χ1) is 4.54. The Morgan fingerprint density at radius 3 is 1.10 bits per heavy atom. The Hall–Kier alpha value is 0.788. The fraction of sp³-hybridized carbons (Fsp3) is 1.00. The van der Waals surface area contributed by atoms with E-state index in [1.807, 2.05) is 0 Å². The van der Waals surface area contributed by atoms with Crippen molar-refractivity contribution in [3.8, 4) is 0 Å². The van der Waals surface area contributed by atoms with Crippen molar-refractivity contribution in [3.05, 3.63) is 0 Å². The zero-order chi connectivity index (χ0) is 8.57. The molecule has 0 aliphatic heterocycles. The van der Waals surface area contributed by atoms with Gasteiger partial charge in [-0.1, -0.05) is 0 Å². The highest BCUT2D eigenvalue weighted by Gasteiger charge is 1.97. The molecule has 0 aliphatic carbocycles. The number of rotatable bonds is 2. The van der Waals surface area contributed by atoms with E-state index in [-0.39, 0.29) is 0 Å². The maximum absolute atomic E-state index is 5.53. The molecule has 0 bridgehead atoms. The first kappa shape index (κ1) is 13.4. The van der Waals surface area contributed by atoms with E-state index in [0.717, 1.165) is 21.0 Å². The standard InChI is InChI=1S/C4H14OSi2.H6OSi2/c1-6(2)5-7(3)4;2-1-3/h6-7H,1-4H3;2-3H3. The zero-order valence-electron chi connectivity index (χ0n) is 7.97. The molecular formula is C4H20O2Si4. The lowest BCUT2D eigenvalue weighted by Gasteiger charge is -2.07. The van der Waals surface area contributed by atoms with Crippen LogP contribution >= 0.6 is 0 Å². The summed E-state index contributed by atoms with van der Waals surface area (Å²) >= 11 is 0. The van der Waals surface area contributed by atoms with Gasteiger partial charge in [-0.05, 0) is 26.2 Å². The van der Waals surface area contributed by atoms with Crippen LogP contribution in [0.5, 0.6) is 0 Å². The molecule has 0 aromatic heterocycles. The molecule has 0 aromatic carbocycles. The van der Waals surface area contributed by atoms with Crippen LogP contribution in [0.4, 0.5) is 0 Å². The SMILES string of the molecule is C[SiH](C)O[SiH](C)C.[SiH3]O[SiH3]. The van der Waals surface area contributed by atoms with Crippen molar-refractivity contribution in [2.45, 2.75) is 26.2 Å². The number of hydrogen-bond donors (Lipinski definition) is 0. The van der Waals surface area contributed by atoms with Crippen molar-refractivity contribution in [3.63, 3.8) is 0 Å². The third-order valence-electron chi connectivity index (χ3n) is 0.544. The van der Waals surface area contributed by atoms with E-state index in [1.165, 1.54) is 0 Å². The first-order valence-corrected chi connectivity index (χ1v) is 10.8. The molecule has 0 rings (SSSR count).